The monoisotopic (exact) mass is 238 g/mol. The Balaban J connectivity index is 2.24. The molecule has 0 saturated carbocycles. The van der Waals surface area contributed by atoms with E-state index in [2.05, 4.69) is 10.3 Å². The molecule has 1 aromatic rings. The Bertz CT molecular complexity index is 355. The number of ether oxygens (including phenoxy) is 1. The van der Waals surface area contributed by atoms with Crippen LogP contribution < -0.4 is 5.32 Å². The molecule has 17 heavy (non-hydrogen) atoms. The summed E-state index contributed by atoms with van der Waals surface area (Å²) in [4.78, 5) is 15.3. The molecule has 0 aliphatic heterocycles. The lowest BCUT2D eigenvalue weighted by molar-refractivity contribution is 0.0938. The number of pyridine rings is 1. The van der Waals surface area contributed by atoms with Gasteiger partial charge in [0.15, 0.2) is 0 Å². The fourth-order valence-corrected chi connectivity index (χ4v) is 1.30. The van der Waals surface area contributed by atoms with Gasteiger partial charge < -0.3 is 15.2 Å². The number of aromatic hydroxyl groups is 1. The third-order valence-electron chi connectivity index (χ3n) is 2.14. The van der Waals surface area contributed by atoms with Crippen molar-refractivity contribution in [3.8, 4) is 5.75 Å². The maximum absolute atomic E-state index is 11.6. The van der Waals surface area contributed by atoms with E-state index in [0.29, 0.717) is 13.2 Å². The first-order valence-corrected chi connectivity index (χ1v) is 5.74. The highest BCUT2D eigenvalue weighted by Gasteiger charge is 2.09. The summed E-state index contributed by atoms with van der Waals surface area (Å²) >= 11 is 0. The molecular weight excluding hydrogens is 220 g/mol. The zero-order chi connectivity index (χ0) is 12.5. The summed E-state index contributed by atoms with van der Waals surface area (Å²) in [5, 5.41) is 12.1. The minimum atomic E-state index is -0.291. The highest BCUT2D eigenvalue weighted by molar-refractivity contribution is 5.96. The standard InChI is InChI=1S/C12H18N2O3/c1-2-7-17-8-3-5-14-12(16)10-4-6-13-9-11(10)15/h4,6,9,15H,2-3,5,7-8H2,1H3,(H,14,16). The van der Waals surface area contributed by atoms with Crippen LogP contribution in [0.1, 0.15) is 30.1 Å². The first-order chi connectivity index (χ1) is 8.25. The quantitative estimate of drug-likeness (QED) is 0.703. The number of hydrogen-bond donors (Lipinski definition) is 2. The van der Waals surface area contributed by atoms with Crippen molar-refractivity contribution in [2.45, 2.75) is 19.8 Å². The van der Waals surface area contributed by atoms with Crippen LogP contribution >= 0.6 is 0 Å². The summed E-state index contributed by atoms with van der Waals surface area (Å²) in [6.07, 6.45) is 4.48. The Kier molecular flexibility index (Phi) is 6.03. The summed E-state index contributed by atoms with van der Waals surface area (Å²) in [6, 6.07) is 1.48. The van der Waals surface area contributed by atoms with Crippen molar-refractivity contribution in [2.75, 3.05) is 19.8 Å². The molecule has 0 bridgehead atoms. The lowest BCUT2D eigenvalue weighted by Crippen LogP contribution is -2.25. The Morgan fingerprint density at radius 3 is 3.06 bits per heavy atom. The second-order valence-electron chi connectivity index (χ2n) is 3.61. The molecule has 5 nitrogen and oxygen atoms in total. The van der Waals surface area contributed by atoms with Crippen molar-refractivity contribution in [1.82, 2.24) is 10.3 Å². The molecular formula is C12H18N2O3. The normalized spacial score (nSPS) is 10.2. The number of carbonyl (C=O) groups excluding carboxylic acids is 1. The lowest BCUT2D eigenvalue weighted by Gasteiger charge is -2.06. The molecule has 5 heteroatoms. The third kappa shape index (κ3) is 4.82. The van der Waals surface area contributed by atoms with Gasteiger partial charge in [-0.05, 0) is 18.9 Å². The van der Waals surface area contributed by atoms with Crippen LogP contribution in [0.3, 0.4) is 0 Å². The Hall–Kier alpha value is -1.62. The van der Waals surface area contributed by atoms with Crippen molar-refractivity contribution >= 4 is 5.91 Å². The molecule has 0 saturated heterocycles. The molecule has 0 unspecified atom stereocenters. The number of nitrogens with one attached hydrogen (secondary N) is 1. The molecule has 1 aromatic heterocycles. The van der Waals surface area contributed by atoms with E-state index >= 15 is 0 Å². The number of aromatic nitrogens is 1. The van der Waals surface area contributed by atoms with Crippen LogP contribution in [0, 0.1) is 0 Å². The number of amides is 1. The van der Waals surface area contributed by atoms with Gasteiger partial charge in [0.25, 0.3) is 5.91 Å². The molecule has 1 heterocycles. The average Bonchev–Trinajstić information content (AvgIpc) is 2.34. The zero-order valence-corrected chi connectivity index (χ0v) is 9.98. The summed E-state index contributed by atoms with van der Waals surface area (Å²) in [7, 11) is 0. The van der Waals surface area contributed by atoms with Gasteiger partial charge in [0, 0.05) is 26.0 Å². The second-order valence-corrected chi connectivity index (χ2v) is 3.61. The van der Waals surface area contributed by atoms with Crippen molar-refractivity contribution in [3.05, 3.63) is 24.0 Å². The highest BCUT2D eigenvalue weighted by Crippen LogP contribution is 2.12. The Morgan fingerprint density at radius 2 is 2.35 bits per heavy atom. The van der Waals surface area contributed by atoms with Gasteiger partial charge in [-0.25, -0.2) is 0 Å². The first kappa shape index (κ1) is 13.4. The summed E-state index contributed by atoms with van der Waals surface area (Å²) in [6.45, 7) is 3.97. The van der Waals surface area contributed by atoms with E-state index < -0.39 is 0 Å². The molecule has 0 spiro atoms. The van der Waals surface area contributed by atoms with E-state index in [1.165, 1.54) is 18.5 Å². The molecule has 94 valence electrons. The van der Waals surface area contributed by atoms with Gasteiger partial charge in [0.1, 0.15) is 5.75 Å². The second kappa shape index (κ2) is 7.62. The summed E-state index contributed by atoms with van der Waals surface area (Å²) < 4.78 is 5.28. The van der Waals surface area contributed by atoms with Gasteiger partial charge in [0.2, 0.25) is 0 Å². The molecule has 0 aliphatic carbocycles. The van der Waals surface area contributed by atoms with Crippen LogP contribution in [0.4, 0.5) is 0 Å². The van der Waals surface area contributed by atoms with Gasteiger partial charge in [0.05, 0.1) is 11.8 Å². The molecule has 0 radical (unpaired) electrons. The number of nitrogens with zero attached hydrogens (tertiary/aromatic N) is 1. The average molecular weight is 238 g/mol. The zero-order valence-electron chi connectivity index (χ0n) is 9.98. The number of rotatable bonds is 7. The first-order valence-electron chi connectivity index (χ1n) is 5.74. The fraction of sp³-hybridized carbons (Fsp3) is 0.500. The van der Waals surface area contributed by atoms with Crippen LogP contribution in [-0.2, 0) is 4.74 Å². The summed E-state index contributed by atoms with van der Waals surface area (Å²) in [5.74, 6) is -0.396. The van der Waals surface area contributed by atoms with Gasteiger partial charge in [-0.15, -0.1) is 0 Å². The lowest BCUT2D eigenvalue weighted by atomic mass is 10.2. The van der Waals surface area contributed by atoms with Crippen LogP contribution in [0.15, 0.2) is 18.5 Å². The van der Waals surface area contributed by atoms with Crippen LogP contribution in [0.2, 0.25) is 0 Å². The minimum absolute atomic E-state index is 0.104. The molecule has 0 aromatic carbocycles. The number of carbonyl (C=O) groups is 1. The largest absolute Gasteiger partial charge is 0.505 e. The SMILES string of the molecule is CCCOCCCNC(=O)c1ccncc1O. The van der Waals surface area contributed by atoms with Gasteiger partial charge in [-0.1, -0.05) is 6.92 Å². The molecule has 1 rings (SSSR count). The van der Waals surface area contributed by atoms with Gasteiger partial charge >= 0.3 is 0 Å². The highest BCUT2D eigenvalue weighted by atomic mass is 16.5. The van der Waals surface area contributed by atoms with Gasteiger partial charge in [-0.2, -0.15) is 0 Å². The topological polar surface area (TPSA) is 71.5 Å². The Labute approximate surface area is 101 Å². The van der Waals surface area contributed by atoms with Crippen molar-refractivity contribution in [3.63, 3.8) is 0 Å². The summed E-state index contributed by atoms with van der Waals surface area (Å²) in [5.41, 5.74) is 0.245. The van der Waals surface area contributed by atoms with Crippen LogP contribution in [0.25, 0.3) is 0 Å². The molecule has 0 atom stereocenters. The van der Waals surface area contributed by atoms with E-state index in [4.69, 9.17) is 4.74 Å². The predicted molar refractivity (Wildman–Crippen MR) is 64.0 cm³/mol. The van der Waals surface area contributed by atoms with Crippen molar-refractivity contribution < 1.29 is 14.6 Å². The van der Waals surface area contributed by atoms with E-state index in [1.54, 1.807) is 0 Å². The van der Waals surface area contributed by atoms with Crippen molar-refractivity contribution in [1.29, 1.82) is 0 Å². The van der Waals surface area contributed by atoms with E-state index in [-0.39, 0.29) is 17.2 Å². The van der Waals surface area contributed by atoms with Gasteiger partial charge in [-0.3, -0.25) is 9.78 Å². The smallest absolute Gasteiger partial charge is 0.255 e. The van der Waals surface area contributed by atoms with E-state index in [1.807, 2.05) is 6.92 Å². The maximum atomic E-state index is 11.6. The minimum Gasteiger partial charge on any atom is -0.505 e. The fourth-order valence-electron chi connectivity index (χ4n) is 1.30. The number of hydrogen-bond acceptors (Lipinski definition) is 4. The maximum Gasteiger partial charge on any atom is 0.255 e. The molecule has 1 amide bonds. The van der Waals surface area contributed by atoms with Crippen molar-refractivity contribution in [2.24, 2.45) is 0 Å². The third-order valence-corrected chi connectivity index (χ3v) is 2.14. The van der Waals surface area contributed by atoms with Crippen LogP contribution in [-0.4, -0.2) is 35.8 Å². The van der Waals surface area contributed by atoms with E-state index in [9.17, 15) is 9.90 Å². The molecule has 0 fully saturated rings. The molecule has 2 N–H and O–H groups in total. The Morgan fingerprint density at radius 1 is 1.53 bits per heavy atom. The predicted octanol–water partition coefficient (Wildman–Crippen LogP) is 1.33. The van der Waals surface area contributed by atoms with E-state index in [0.717, 1.165) is 19.4 Å². The molecule has 0 aliphatic rings. The van der Waals surface area contributed by atoms with Crippen LogP contribution in [0.5, 0.6) is 5.75 Å².